The fourth-order valence-electron chi connectivity index (χ4n) is 3.29. The quantitative estimate of drug-likeness (QED) is 0.733. The lowest BCUT2D eigenvalue weighted by Crippen LogP contribution is -2.33. The van der Waals surface area contributed by atoms with Crippen molar-refractivity contribution in [2.75, 3.05) is 12.4 Å². The van der Waals surface area contributed by atoms with Gasteiger partial charge in [0.05, 0.1) is 7.11 Å². The van der Waals surface area contributed by atoms with E-state index in [4.69, 9.17) is 16.3 Å². The second-order valence-corrected chi connectivity index (χ2v) is 8.92. The lowest BCUT2D eigenvalue weighted by molar-refractivity contribution is 0.102. The first-order valence-corrected chi connectivity index (χ1v) is 10.9. The van der Waals surface area contributed by atoms with Gasteiger partial charge >= 0.3 is 0 Å². The van der Waals surface area contributed by atoms with E-state index in [0.29, 0.717) is 10.7 Å². The third-order valence-corrected chi connectivity index (χ3v) is 6.86. The van der Waals surface area contributed by atoms with Crippen LogP contribution in [0.2, 0.25) is 5.02 Å². The SMILES string of the molecule is COc1ccc(C(=O)Nc2cccc(Cl)c2C)cc1S(=O)(=O)NC1CCCC1. The zero-order valence-electron chi connectivity index (χ0n) is 15.8. The molecule has 8 heteroatoms. The van der Waals surface area contributed by atoms with Gasteiger partial charge in [0.15, 0.2) is 0 Å². The summed E-state index contributed by atoms with van der Waals surface area (Å²) >= 11 is 6.09. The van der Waals surface area contributed by atoms with E-state index in [-0.39, 0.29) is 22.3 Å². The average Bonchev–Trinajstić information content (AvgIpc) is 3.17. The summed E-state index contributed by atoms with van der Waals surface area (Å²) in [6.07, 6.45) is 3.64. The number of amides is 1. The van der Waals surface area contributed by atoms with Gasteiger partial charge in [-0.05, 0) is 55.7 Å². The summed E-state index contributed by atoms with van der Waals surface area (Å²) in [5.41, 5.74) is 1.52. The standard InChI is InChI=1S/C20H23ClN2O4S/c1-13-16(21)8-5-9-17(13)22-20(24)14-10-11-18(27-2)19(12-14)28(25,26)23-15-6-3-4-7-15/h5,8-12,15,23H,3-4,6-7H2,1-2H3,(H,22,24). The smallest absolute Gasteiger partial charge is 0.255 e. The van der Waals surface area contributed by atoms with Crippen LogP contribution in [0.4, 0.5) is 5.69 Å². The molecule has 0 radical (unpaired) electrons. The average molecular weight is 423 g/mol. The Hall–Kier alpha value is -2.09. The highest BCUT2D eigenvalue weighted by Crippen LogP contribution is 2.28. The van der Waals surface area contributed by atoms with Crippen LogP contribution in [0.3, 0.4) is 0 Å². The lowest BCUT2D eigenvalue weighted by atomic mass is 10.1. The number of methoxy groups -OCH3 is 1. The van der Waals surface area contributed by atoms with Crippen LogP contribution in [0.1, 0.15) is 41.6 Å². The predicted molar refractivity (Wildman–Crippen MR) is 110 cm³/mol. The Bertz CT molecular complexity index is 986. The number of carbonyl (C=O) groups is 1. The Morgan fingerprint density at radius 2 is 1.89 bits per heavy atom. The Balaban J connectivity index is 1.89. The number of ether oxygens (including phenoxy) is 1. The third-order valence-electron chi connectivity index (χ3n) is 4.91. The number of halogens is 1. The van der Waals surface area contributed by atoms with Crippen LogP contribution in [0.25, 0.3) is 0 Å². The van der Waals surface area contributed by atoms with Crippen LogP contribution >= 0.6 is 11.6 Å². The lowest BCUT2D eigenvalue weighted by Gasteiger charge is -2.16. The molecule has 0 aliphatic heterocycles. The molecule has 2 aromatic rings. The summed E-state index contributed by atoms with van der Waals surface area (Å²) in [5.74, 6) is -0.230. The van der Waals surface area contributed by atoms with Gasteiger partial charge < -0.3 is 10.1 Å². The molecule has 2 aromatic carbocycles. The number of hydrogen-bond donors (Lipinski definition) is 2. The van der Waals surface area contributed by atoms with Gasteiger partial charge in [-0.3, -0.25) is 4.79 Å². The first-order chi connectivity index (χ1) is 13.3. The van der Waals surface area contributed by atoms with E-state index in [0.717, 1.165) is 31.2 Å². The maximum Gasteiger partial charge on any atom is 0.255 e. The van der Waals surface area contributed by atoms with Gasteiger partial charge in [-0.25, -0.2) is 13.1 Å². The molecule has 0 atom stereocenters. The first kappa shape index (κ1) is 20.6. The van der Waals surface area contributed by atoms with Crippen molar-refractivity contribution in [2.24, 2.45) is 0 Å². The van der Waals surface area contributed by atoms with Crippen molar-refractivity contribution < 1.29 is 17.9 Å². The zero-order valence-corrected chi connectivity index (χ0v) is 17.4. The van der Waals surface area contributed by atoms with Crippen molar-refractivity contribution in [1.82, 2.24) is 4.72 Å². The minimum absolute atomic E-state index is 0.0441. The minimum Gasteiger partial charge on any atom is -0.495 e. The Labute approximate surface area is 170 Å². The molecule has 3 rings (SSSR count). The van der Waals surface area contributed by atoms with Gasteiger partial charge in [-0.2, -0.15) is 0 Å². The largest absolute Gasteiger partial charge is 0.495 e. The molecule has 6 nitrogen and oxygen atoms in total. The Morgan fingerprint density at radius 1 is 1.18 bits per heavy atom. The van der Waals surface area contributed by atoms with Gasteiger partial charge in [0, 0.05) is 22.3 Å². The van der Waals surface area contributed by atoms with Gasteiger partial charge in [-0.15, -0.1) is 0 Å². The summed E-state index contributed by atoms with van der Waals surface area (Å²) in [5, 5.41) is 3.32. The highest BCUT2D eigenvalue weighted by molar-refractivity contribution is 7.89. The van der Waals surface area contributed by atoms with Gasteiger partial charge in [0.2, 0.25) is 10.0 Å². The molecule has 0 spiro atoms. The molecule has 1 fully saturated rings. The number of anilines is 1. The van der Waals surface area contributed by atoms with Gasteiger partial charge in [-0.1, -0.05) is 30.5 Å². The van der Waals surface area contributed by atoms with E-state index < -0.39 is 15.9 Å². The topological polar surface area (TPSA) is 84.5 Å². The van der Waals surface area contributed by atoms with Gasteiger partial charge in [0.25, 0.3) is 5.91 Å². The highest BCUT2D eigenvalue weighted by atomic mass is 35.5. The molecule has 0 aromatic heterocycles. The second kappa shape index (κ2) is 8.51. The van der Waals surface area contributed by atoms with Crippen LogP contribution in [0.5, 0.6) is 5.75 Å². The summed E-state index contributed by atoms with van der Waals surface area (Å²) < 4.78 is 33.7. The Morgan fingerprint density at radius 3 is 2.57 bits per heavy atom. The van der Waals surface area contributed by atoms with Gasteiger partial charge in [0.1, 0.15) is 10.6 Å². The van der Waals surface area contributed by atoms with Crippen molar-refractivity contribution in [3.05, 3.63) is 52.5 Å². The molecule has 2 N–H and O–H groups in total. The Kier molecular flexibility index (Phi) is 6.27. The predicted octanol–water partition coefficient (Wildman–Crippen LogP) is 4.13. The molecule has 0 unspecified atom stereocenters. The molecule has 150 valence electrons. The number of hydrogen-bond acceptors (Lipinski definition) is 4. The van der Waals surface area contributed by atoms with Crippen LogP contribution in [0, 0.1) is 6.92 Å². The second-order valence-electron chi connectivity index (χ2n) is 6.83. The highest BCUT2D eigenvalue weighted by Gasteiger charge is 2.26. The minimum atomic E-state index is -3.81. The van der Waals surface area contributed by atoms with Crippen LogP contribution in [-0.2, 0) is 10.0 Å². The molecule has 1 saturated carbocycles. The van der Waals surface area contributed by atoms with E-state index in [1.165, 1.54) is 25.3 Å². The fraction of sp³-hybridized carbons (Fsp3) is 0.350. The van der Waals surface area contributed by atoms with Crippen LogP contribution < -0.4 is 14.8 Å². The number of nitrogens with one attached hydrogen (secondary N) is 2. The van der Waals surface area contributed by atoms with E-state index >= 15 is 0 Å². The van der Waals surface area contributed by atoms with Crippen LogP contribution in [0.15, 0.2) is 41.3 Å². The van der Waals surface area contributed by atoms with E-state index in [9.17, 15) is 13.2 Å². The molecule has 1 aliphatic rings. The summed E-state index contributed by atoms with van der Waals surface area (Å²) in [6, 6.07) is 9.49. The fourth-order valence-corrected chi connectivity index (χ4v) is 4.97. The number of sulfonamides is 1. The summed E-state index contributed by atoms with van der Waals surface area (Å²) in [6.45, 7) is 1.80. The van der Waals surface area contributed by atoms with Crippen molar-refractivity contribution in [1.29, 1.82) is 0 Å². The third kappa shape index (κ3) is 4.48. The number of carbonyl (C=O) groups excluding carboxylic acids is 1. The zero-order chi connectivity index (χ0) is 20.3. The summed E-state index contributed by atoms with van der Waals surface area (Å²) in [4.78, 5) is 12.6. The van der Waals surface area contributed by atoms with E-state index in [1.807, 2.05) is 0 Å². The maximum absolute atomic E-state index is 12.9. The first-order valence-electron chi connectivity index (χ1n) is 9.08. The number of benzene rings is 2. The van der Waals surface area contributed by atoms with Crippen molar-refractivity contribution in [2.45, 2.75) is 43.5 Å². The number of rotatable bonds is 6. The molecular formula is C20H23ClN2O4S. The van der Waals surface area contributed by atoms with Crippen molar-refractivity contribution in [3.8, 4) is 5.75 Å². The van der Waals surface area contributed by atoms with Crippen LogP contribution in [-0.4, -0.2) is 27.5 Å². The molecule has 28 heavy (non-hydrogen) atoms. The van der Waals surface area contributed by atoms with E-state index in [1.54, 1.807) is 25.1 Å². The van der Waals surface area contributed by atoms with Crippen molar-refractivity contribution >= 4 is 33.2 Å². The molecule has 0 saturated heterocycles. The van der Waals surface area contributed by atoms with Crippen molar-refractivity contribution in [3.63, 3.8) is 0 Å². The molecular weight excluding hydrogens is 400 g/mol. The molecule has 1 amide bonds. The van der Waals surface area contributed by atoms with E-state index in [2.05, 4.69) is 10.0 Å². The summed E-state index contributed by atoms with van der Waals surface area (Å²) in [7, 11) is -2.40. The molecule has 1 aliphatic carbocycles. The molecule has 0 heterocycles. The normalized spacial score (nSPS) is 14.8. The maximum atomic E-state index is 12.9. The molecule has 0 bridgehead atoms. The monoisotopic (exact) mass is 422 g/mol.